The van der Waals surface area contributed by atoms with E-state index in [1.165, 1.54) is 6.42 Å². The number of rotatable bonds is 4. The highest BCUT2D eigenvalue weighted by Gasteiger charge is 2.27. The lowest BCUT2D eigenvalue weighted by Gasteiger charge is -2.29. The fourth-order valence-corrected chi connectivity index (χ4v) is 4.16. The van der Waals surface area contributed by atoms with Crippen molar-refractivity contribution in [3.63, 3.8) is 0 Å². The molecule has 1 heterocycles. The maximum absolute atomic E-state index is 12.4. The largest absolute Gasteiger partial charge is 0.352 e. The lowest BCUT2D eigenvalue weighted by Crippen LogP contribution is -2.43. The first-order chi connectivity index (χ1) is 11.0. The van der Waals surface area contributed by atoms with Gasteiger partial charge in [-0.2, -0.15) is 0 Å². The third kappa shape index (κ3) is 3.55. The summed E-state index contributed by atoms with van der Waals surface area (Å²) in [5, 5.41) is 2.72. The molecule has 0 radical (unpaired) electrons. The second kappa shape index (κ2) is 6.31. The van der Waals surface area contributed by atoms with Crippen molar-refractivity contribution in [1.29, 1.82) is 0 Å². The van der Waals surface area contributed by atoms with Gasteiger partial charge in [-0.05, 0) is 30.9 Å². The molecule has 6 nitrogen and oxygen atoms in total. The third-order valence-corrected chi connectivity index (χ3v) is 5.87. The summed E-state index contributed by atoms with van der Waals surface area (Å²) in [6.45, 7) is 2.10. The Hall–Kier alpha value is -1.89. The summed E-state index contributed by atoms with van der Waals surface area (Å²) in [6, 6.07) is 7.15. The number of H-pyrrole nitrogens is 1. The lowest BCUT2D eigenvalue weighted by atomic mass is 9.86. The van der Waals surface area contributed by atoms with Crippen LogP contribution < -0.4 is 5.32 Å². The van der Waals surface area contributed by atoms with Crippen LogP contribution in [0.3, 0.4) is 0 Å². The van der Waals surface area contributed by atoms with Gasteiger partial charge >= 0.3 is 0 Å². The number of para-hydroxylation sites is 2. The first-order valence-corrected chi connectivity index (χ1v) is 9.58. The Morgan fingerprint density at radius 3 is 2.78 bits per heavy atom. The van der Waals surface area contributed by atoms with Crippen molar-refractivity contribution < 1.29 is 13.2 Å². The molecule has 1 aliphatic rings. The quantitative estimate of drug-likeness (QED) is 0.894. The number of fused-ring (bicyclic) bond motifs is 1. The normalized spacial score (nSPS) is 22.1. The molecule has 2 N–H and O–H groups in total. The van der Waals surface area contributed by atoms with Crippen LogP contribution in [0.4, 0.5) is 0 Å². The number of nitrogens with zero attached hydrogens (tertiary/aromatic N) is 1. The number of carbonyl (C=O) groups is 1. The SMILES string of the molecule is CC1CCCCC1NC(=O)CS(=O)(=O)c1nc2ccccc2[nH]1. The Morgan fingerprint density at radius 1 is 1.30 bits per heavy atom. The number of imidazole rings is 1. The van der Waals surface area contributed by atoms with E-state index in [0.29, 0.717) is 17.0 Å². The fourth-order valence-electron chi connectivity index (χ4n) is 3.10. The average Bonchev–Trinajstić information content (AvgIpc) is 2.94. The molecular weight excluding hydrogens is 314 g/mol. The number of amides is 1. The number of nitrogens with one attached hydrogen (secondary N) is 2. The molecule has 3 rings (SSSR count). The summed E-state index contributed by atoms with van der Waals surface area (Å²) in [5.41, 5.74) is 1.22. The molecule has 0 saturated heterocycles. The van der Waals surface area contributed by atoms with Gasteiger partial charge < -0.3 is 10.3 Å². The molecule has 2 unspecified atom stereocenters. The summed E-state index contributed by atoms with van der Waals surface area (Å²) in [7, 11) is -3.77. The summed E-state index contributed by atoms with van der Waals surface area (Å²) in [5.74, 6) is -0.637. The summed E-state index contributed by atoms with van der Waals surface area (Å²) >= 11 is 0. The molecule has 124 valence electrons. The van der Waals surface area contributed by atoms with Crippen LogP contribution in [0, 0.1) is 5.92 Å². The molecular formula is C16H21N3O3S. The van der Waals surface area contributed by atoms with E-state index in [1.54, 1.807) is 24.3 Å². The number of hydrogen-bond acceptors (Lipinski definition) is 4. The van der Waals surface area contributed by atoms with Gasteiger partial charge in [0.05, 0.1) is 11.0 Å². The molecule has 1 saturated carbocycles. The van der Waals surface area contributed by atoms with Gasteiger partial charge in [0.15, 0.2) is 0 Å². The molecule has 1 aliphatic carbocycles. The van der Waals surface area contributed by atoms with Crippen molar-refractivity contribution in [3.8, 4) is 0 Å². The van der Waals surface area contributed by atoms with Crippen LogP contribution in [0.5, 0.6) is 0 Å². The molecule has 1 fully saturated rings. The number of carbonyl (C=O) groups excluding carboxylic acids is 1. The van der Waals surface area contributed by atoms with E-state index in [-0.39, 0.29) is 11.2 Å². The first kappa shape index (κ1) is 16.0. The van der Waals surface area contributed by atoms with Gasteiger partial charge in [0.25, 0.3) is 0 Å². The fraction of sp³-hybridized carbons (Fsp3) is 0.500. The smallest absolute Gasteiger partial charge is 0.235 e. The van der Waals surface area contributed by atoms with E-state index in [1.807, 2.05) is 0 Å². The van der Waals surface area contributed by atoms with E-state index in [9.17, 15) is 13.2 Å². The van der Waals surface area contributed by atoms with Crippen LogP contribution in [0.2, 0.25) is 0 Å². The minimum Gasteiger partial charge on any atom is -0.352 e. The Morgan fingerprint density at radius 2 is 2.04 bits per heavy atom. The van der Waals surface area contributed by atoms with E-state index in [4.69, 9.17) is 0 Å². The van der Waals surface area contributed by atoms with Gasteiger partial charge in [-0.15, -0.1) is 0 Å². The van der Waals surface area contributed by atoms with Crippen molar-refractivity contribution >= 4 is 26.8 Å². The topological polar surface area (TPSA) is 91.9 Å². The van der Waals surface area contributed by atoms with Crippen LogP contribution in [-0.4, -0.2) is 36.1 Å². The Balaban J connectivity index is 1.71. The van der Waals surface area contributed by atoms with Crippen molar-refractivity contribution in [3.05, 3.63) is 24.3 Å². The zero-order chi connectivity index (χ0) is 16.4. The zero-order valence-electron chi connectivity index (χ0n) is 13.1. The standard InChI is InChI=1S/C16H21N3O3S/c1-11-6-2-3-7-12(11)17-15(20)10-23(21,22)16-18-13-8-4-5-9-14(13)19-16/h4-5,8-9,11-12H,2-3,6-7,10H2,1H3,(H,17,20)(H,18,19). The lowest BCUT2D eigenvalue weighted by molar-refractivity contribution is -0.119. The Kier molecular flexibility index (Phi) is 4.39. The maximum atomic E-state index is 12.4. The van der Waals surface area contributed by atoms with Gasteiger partial charge in [-0.25, -0.2) is 13.4 Å². The molecule has 0 aliphatic heterocycles. The van der Waals surface area contributed by atoms with Gasteiger partial charge in [0.2, 0.25) is 20.9 Å². The summed E-state index contributed by atoms with van der Waals surface area (Å²) in [6.07, 6.45) is 4.23. The second-order valence-electron chi connectivity index (χ2n) is 6.25. The van der Waals surface area contributed by atoms with E-state index >= 15 is 0 Å². The average molecular weight is 335 g/mol. The monoisotopic (exact) mass is 335 g/mol. The van der Waals surface area contributed by atoms with E-state index in [2.05, 4.69) is 22.2 Å². The number of hydrogen-bond donors (Lipinski definition) is 2. The molecule has 2 atom stereocenters. The highest BCUT2D eigenvalue weighted by molar-refractivity contribution is 7.91. The minimum absolute atomic E-state index is 0.0714. The molecule has 0 spiro atoms. The molecule has 2 aromatic rings. The first-order valence-electron chi connectivity index (χ1n) is 7.92. The van der Waals surface area contributed by atoms with Crippen LogP contribution in [0.15, 0.2) is 29.4 Å². The molecule has 7 heteroatoms. The van der Waals surface area contributed by atoms with Crippen LogP contribution >= 0.6 is 0 Å². The van der Waals surface area contributed by atoms with Crippen molar-refractivity contribution in [2.75, 3.05) is 5.75 Å². The minimum atomic E-state index is -3.77. The number of sulfone groups is 1. The Labute approximate surface area is 135 Å². The van der Waals surface area contributed by atoms with Gasteiger partial charge in [0, 0.05) is 6.04 Å². The highest BCUT2D eigenvalue weighted by Crippen LogP contribution is 2.23. The van der Waals surface area contributed by atoms with Crippen LogP contribution in [0.25, 0.3) is 11.0 Å². The highest BCUT2D eigenvalue weighted by atomic mass is 32.2. The van der Waals surface area contributed by atoms with Crippen molar-refractivity contribution in [2.45, 2.75) is 43.8 Å². The van der Waals surface area contributed by atoms with Crippen LogP contribution in [0.1, 0.15) is 32.6 Å². The number of aromatic amines is 1. The molecule has 1 amide bonds. The zero-order valence-corrected chi connectivity index (χ0v) is 13.9. The maximum Gasteiger partial charge on any atom is 0.235 e. The molecule has 0 bridgehead atoms. The van der Waals surface area contributed by atoms with Crippen molar-refractivity contribution in [1.82, 2.24) is 15.3 Å². The van der Waals surface area contributed by atoms with E-state index < -0.39 is 21.5 Å². The molecule has 1 aromatic carbocycles. The molecule has 1 aromatic heterocycles. The van der Waals surface area contributed by atoms with Gasteiger partial charge in [-0.3, -0.25) is 4.79 Å². The predicted molar refractivity (Wildman–Crippen MR) is 87.7 cm³/mol. The van der Waals surface area contributed by atoms with Gasteiger partial charge in [-0.1, -0.05) is 31.9 Å². The summed E-state index contributed by atoms with van der Waals surface area (Å²) in [4.78, 5) is 19.0. The third-order valence-electron chi connectivity index (χ3n) is 4.44. The molecule has 23 heavy (non-hydrogen) atoms. The van der Waals surface area contributed by atoms with Gasteiger partial charge in [0.1, 0.15) is 5.75 Å². The van der Waals surface area contributed by atoms with E-state index in [0.717, 1.165) is 19.3 Å². The van der Waals surface area contributed by atoms with Crippen molar-refractivity contribution in [2.24, 2.45) is 5.92 Å². The number of benzene rings is 1. The predicted octanol–water partition coefficient (Wildman–Crippen LogP) is 2.03. The summed E-state index contributed by atoms with van der Waals surface area (Å²) < 4.78 is 24.8. The second-order valence-corrected chi connectivity index (χ2v) is 8.16. The number of aromatic nitrogens is 2. The Bertz CT molecular complexity index is 780. The van der Waals surface area contributed by atoms with Crippen LogP contribution in [-0.2, 0) is 14.6 Å².